The van der Waals surface area contributed by atoms with Gasteiger partial charge in [-0.15, -0.1) is 0 Å². The number of rotatable bonds is 10. The van der Waals surface area contributed by atoms with Crippen LogP contribution in [0.4, 0.5) is 0 Å². The van der Waals surface area contributed by atoms with Crippen molar-refractivity contribution in [3.8, 4) is 0 Å². The maximum atomic E-state index is 13.5. The topological polar surface area (TPSA) is 188 Å². The Bertz CT molecular complexity index is 1360. The lowest BCUT2D eigenvalue weighted by molar-refractivity contribution is -0.184. The second-order valence-corrected chi connectivity index (χ2v) is 15.4. The summed E-state index contributed by atoms with van der Waals surface area (Å²) < 4.78 is 5.24. The third-order valence-electron chi connectivity index (χ3n) is 12.5. The number of hydrogen-bond donors (Lipinski definition) is 4. The van der Waals surface area contributed by atoms with Crippen LogP contribution in [0.5, 0.6) is 0 Å². The molecule has 0 bridgehead atoms. The van der Waals surface area contributed by atoms with Crippen molar-refractivity contribution in [2.75, 3.05) is 13.2 Å². The molecule has 5 rings (SSSR count). The van der Waals surface area contributed by atoms with Crippen LogP contribution in [0, 0.1) is 34.5 Å². The molecule has 1 saturated heterocycles. The zero-order chi connectivity index (χ0) is 34.5. The molecule has 4 fully saturated rings. The molecule has 5 aliphatic rings. The number of carboxylic acid groups (broad SMARTS) is 1. The molecule has 0 radical (unpaired) electrons. The molecule has 3 saturated carbocycles. The van der Waals surface area contributed by atoms with Crippen LogP contribution in [0.2, 0.25) is 0 Å². The first-order valence-corrected chi connectivity index (χ1v) is 17.2. The minimum Gasteiger partial charge on any atom is -0.480 e. The SMILES string of the molecule is CC(C)C(NC(=O)CCC(=O)OCC(=O)C1(O)CCC2C3CCC4=CC(=O)CCC4(C)C3C(O)CC21C)C(=O)N1CCCC1C(=O)O. The Morgan fingerprint density at radius 3 is 2.47 bits per heavy atom. The van der Waals surface area contributed by atoms with E-state index in [4.69, 9.17) is 4.74 Å². The van der Waals surface area contributed by atoms with E-state index < -0.39 is 65.3 Å². The Hall–Kier alpha value is -3.12. The van der Waals surface area contributed by atoms with Crippen molar-refractivity contribution < 1.29 is 48.8 Å². The van der Waals surface area contributed by atoms with Gasteiger partial charge in [0.1, 0.15) is 17.7 Å². The number of likely N-dealkylation sites (tertiary alicyclic amines) is 1. The zero-order valence-electron chi connectivity index (χ0n) is 28.0. The Morgan fingerprint density at radius 1 is 1.06 bits per heavy atom. The van der Waals surface area contributed by atoms with E-state index in [1.807, 2.05) is 6.92 Å². The number of esters is 1. The summed E-state index contributed by atoms with van der Waals surface area (Å²) in [7, 11) is 0. The van der Waals surface area contributed by atoms with Crippen molar-refractivity contribution in [2.45, 2.75) is 122 Å². The van der Waals surface area contributed by atoms with Gasteiger partial charge < -0.3 is 30.3 Å². The summed E-state index contributed by atoms with van der Waals surface area (Å²) in [4.78, 5) is 76.9. The number of aliphatic hydroxyl groups excluding tert-OH is 1. The molecule has 4 N–H and O–H groups in total. The first-order valence-electron chi connectivity index (χ1n) is 17.2. The van der Waals surface area contributed by atoms with E-state index in [1.54, 1.807) is 19.9 Å². The van der Waals surface area contributed by atoms with Gasteiger partial charge in [0.2, 0.25) is 17.6 Å². The molecule has 0 aromatic heterocycles. The molecule has 4 aliphatic carbocycles. The summed E-state index contributed by atoms with van der Waals surface area (Å²) in [5, 5.41) is 35.5. The van der Waals surface area contributed by atoms with Gasteiger partial charge >= 0.3 is 11.9 Å². The van der Waals surface area contributed by atoms with Gasteiger partial charge in [-0.2, -0.15) is 0 Å². The number of carbonyl (C=O) groups is 6. The first-order chi connectivity index (χ1) is 22.0. The fraction of sp³-hybridized carbons (Fsp3) is 0.771. The number of carboxylic acids is 1. The fourth-order valence-electron chi connectivity index (χ4n) is 9.93. The summed E-state index contributed by atoms with van der Waals surface area (Å²) in [6, 6.07) is -1.88. The van der Waals surface area contributed by atoms with E-state index in [0.29, 0.717) is 38.6 Å². The van der Waals surface area contributed by atoms with E-state index in [2.05, 4.69) is 12.2 Å². The van der Waals surface area contributed by atoms with Gasteiger partial charge in [0, 0.05) is 24.8 Å². The zero-order valence-corrected chi connectivity index (χ0v) is 28.0. The quantitative estimate of drug-likeness (QED) is 0.254. The third-order valence-corrected chi connectivity index (χ3v) is 12.5. The number of hydrogen-bond acceptors (Lipinski definition) is 9. The maximum Gasteiger partial charge on any atom is 0.326 e. The smallest absolute Gasteiger partial charge is 0.326 e. The van der Waals surface area contributed by atoms with Crippen molar-refractivity contribution in [3.63, 3.8) is 0 Å². The summed E-state index contributed by atoms with van der Waals surface area (Å²) in [5.74, 6) is -3.75. The van der Waals surface area contributed by atoms with E-state index in [0.717, 1.165) is 18.4 Å². The van der Waals surface area contributed by atoms with Crippen molar-refractivity contribution in [2.24, 2.45) is 34.5 Å². The van der Waals surface area contributed by atoms with Gasteiger partial charge in [0.25, 0.3) is 0 Å². The number of aliphatic hydroxyl groups is 2. The highest BCUT2D eigenvalue weighted by Gasteiger charge is 2.68. The van der Waals surface area contributed by atoms with Crippen LogP contribution in [0.25, 0.3) is 0 Å². The monoisotopic (exact) mass is 658 g/mol. The van der Waals surface area contributed by atoms with Crippen LogP contribution in [0.15, 0.2) is 11.6 Å². The lowest BCUT2D eigenvalue weighted by Gasteiger charge is -2.60. The molecule has 0 aromatic carbocycles. The fourth-order valence-corrected chi connectivity index (χ4v) is 9.93. The van der Waals surface area contributed by atoms with Crippen LogP contribution in [-0.4, -0.2) is 92.5 Å². The maximum absolute atomic E-state index is 13.5. The molecule has 47 heavy (non-hydrogen) atoms. The van der Waals surface area contributed by atoms with Crippen LogP contribution in [0.3, 0.4) is 0 Å². The van der Waals surface area contributed by atoms with Crippen molar-refractivity contribution in [1.82, 2.24) is 10.2 Å². The van der Waals surface area contributed by atoms with E-state index in [-0.39, 0.29) is 60.6 Å². The summed E-state index contributed by atoms with van der Waals surface area (Å²) in [5.41, 5.74) is -1.88. The molecule has 0 spiro atoms. The number of ketones is 2. The Kier molecular flexibility index (Phi) is 9.78. The number of nitrogens with zero attached hydrogens (tertiary/aromatic N) is 1. The third kappa shape index (κ3) is 6.16. The predicted octanol–water partition coefficient (Wildman–Crippen LogP) is 2.33. The molecule has 9 unspecified atom stereocenters. The highest BCUT2D eigenvalue weighted by Crippen LogP contribution is 2.67. The molecule has 260 valence electrons. The molecule has 2 amide bonds. The minimum absolute atomic E-state index is 0.0109. The number of nitrogens with one attached hydrogen (secondary N) is 1. The van der Waals surface area contributed by atoms with Gasteiger partial charge in [-0.05, 0) is 86.5 Å². The molecule has 9 atom stereocenters. The van der Waals surface area contributed by atoms with Crippen molar-refractivity contribution in [3.05, 3.63) is 11.6 Å². The molecule has 1 heterocycles. The van der Waals surface area contributed by atoms with Gasteiger partial charge in [-0.1, -0.05) is 33.3 Å². The van der Waals surface area contributed by atoms with Crippen molar-refractivity contribution in [1.29, 1.82) is 0 Å². The number of Topliss-reactive ketones (excluding diaryl/α,β-unsaturated/α-hetero) is 1. The van der Waals surface area contributed by atoms with Crippen LogP contribution >= 0.6 is 0 Å². The van der Waals surface area contributed by atoms with Crippen molar-refractivity contribution >= 4 is 35.3 Å². The Labute approximate surface area is 275 Å². The second-order valence-electron chi connectivity index (χ2n) is 15.4. The number of ether oxygens (including phenoxy) is 1. The number of fused-ring (bicyclic) bond motifs is 5. The molecule has 12 nitrogen and oxygen atoms in total. The lowest BCUT2D eigenvalue weighted by atomic mass is 9.45. The van der Waals surface area contributed by atoms with Gasteiger partial charge in [0.15, 0.2) is 12.4 Å². The van der Waals surface area contributed by atoms with Crippen LogP contribution in [0.1, 0.15) is 98.3 Å². The van der Waals surface area contributed by atoms with E-state index >= 15 is 0 Å². The highest BCUT2D eigenvalue weighted by molar-refractivity contribution is 5.93. The van der Waals surface area contributed by atoms with E-state index in [1.165, 1.54) is 4.90 Å². The Morgan fingerprint density at radius 2 is 1.79 bits per heavy atom. The molecule has 0 aromatic rings. The number of carbonyl (C=O) groups excluding carboxylic acids is 5. The first kappa shape index (κ1) is 35.2. The summed E-state index contributed by atoms with van der Waals surface area (Å²) in [6.45, 7) is 7.11. The van der Waals surface area contributed by atoms with Gasteiger partial charge in [-0.3, -0.25) is 24.0 Å². The number of allylic oxidation sites excluding steroid dienone is 1. The molecular weight excluding hydrogens is 608 g/mol. The average molecular weight is 659 g/mol. The lowest BCUT2D eigenvalue weighted by Crippen LogP contribution is -2.62. The van der Waals surface area contributed by atoms with Gasteiger partial charge in [-0.25, -0.2) is 4.79 Å². The highest BCUT2D eigenvalue weighted by atomic mass is 16.5. The molecule has 1 aliphatic heterocycles. The Balaban J connectivity index is 1.15. The normalized spacial score (nSPS) is 36.9. The standard InChI is InChI=1S/C35H50N2O10/c1-19(2)30(31(43)37-15-5-6-24(37)32(44)45)36-27(41)9-10-28(42)47-18-26(40)35(46)14-12-23-22-8-7-20-16-21(38)11-13-33(20,3)29(22)25(39)17-34(23,35)4/h16,19,22-25,29-30,39,46H,5-15,17-18H2,1-4H3,(H,36,41)(H,44,45). The molecule has 12 heteroatoms. The van der Waals surface area contributed by atoms with E-state index in [9.17, 15) is 44.1 Å². The number of amides is 2. The largest absolute Gasteiger partial charge is 0.480 e. The van der Waals surface area contributed by atoms with Gasteiger partial charge in [0.05, 0.1) is 12.5 Å². The minimum atomic E-state index is -1.78. The predicted molar refractivity (Wildman–Crippen MR) is 167 cm³/mol. The number of aliphatic carboxylic acids is 1. The van der Waals surface area contributed by atoms with Crippen LogP contribution < -0.4 is 5.32 Å². The van der Waals surface area contributed by atoms with Crippen LogP contribution in [-0.2, 0) is 33.5 Å². The summed E-state index contributed by atoms with van der Waals surface area (Å²) in [6.07, 6.45) is 4.97. The average Bonchev–Trinajstić information content (AvgIpc) is 3.61. The second kappa shape index (κ2) is 13.1. The summed E-state index contributed by atoms with van der Waals surface area (Å²) >= 11 is 0. The molecular formula is C35H50N2O10.